The van der Waals surface area contributed by atoms with Gasteiger partial charge in [-0.05, 0) is 55.5 Å². The molecule has 3 rings (SSSR count). The van der Waals surface area contributed by atoms with Gasteiger partial charge in [-0.2, -0.15) is 0 Å². The third-order valence-electron chi connectivity index (χ3n) is 4.09. The van der Waals surface area contributed by atoms with E-state index < -0.39 is 5.97 Å². The third kappa shape index (κ3) is 5.55. The van der Waals surface area contributed by atoms with Crippen LogP contribution in [0.5, 0.6) is 0 Å². The molecule has 0 aliphatic rings. The summed E-state index contributed by atoms with van der Waals surface area (Å²) in [6.45, 7) is 3.48. The van der Waals surface area contributed by atoms with E-state index in [4.69, 9.17) is 4.42 Å². The molecule has 28 heavy (non-hydrogen) atoms. The number of hydrogen-bond acceptors (Lipinski definition) is 6. The van der Waals surface area contributed by atoms with Gasteiger partial charge in [0.25, 0.3) is 0 Å². The molecule has 0 spiro atoms. The summed E-state index contributed by atoms with van der Waals surface area (Å²) in [5.74, 6) is 0.267. The Bertz CT molecular complexity index is 916. The average Bonchev–Trinajstić information content (AvgIpc) is 3.33. The third-order valence-corrected chi connectivity index (χ3v) is 5.08. The smallest absolute Gasteiger partial charge is 0.337 e. The second-order valence-electron chi connectivity index (χ2n) is 6.35. The van der Waals surface area contributed by atoms with E-state index in [1.54, 1.807) is 41.9 Å². The van der Waals surface area contributed by atoms with E-state index >= 15 is 0 Å². The Morgan fingerprint density at radius 2 is 1.89 bits per heavy atom. The molecule has 0 bridgehead atoms. The maximum Gasteiger partial charge on any atom is 0.337 e. The standard InChI is InChI=1S/C21H22N2O4S/c1-15-5-10-19(28-15)13-23(12-18-4-3-11-27-18)14-20(24)22-17-8-6-16(7-9-17)21(25)26-2/h3-11H,12-14H2,1-2H3,(H,22,24). The van der Waals surface area contributed by atoms with Gasteiger partial charge in [0.1, 0.15) is 5.76 Å². The quantitative estimate of drug-likeness (QED) is 0.579. The van der Waals surface area contributed by atoms with Gasteiger partial charge in [-0.3, -0.25) is 9.69 Å². The fourth-order valence-electron chi connectivity index (χ4n) is 2.79. The van der Waals surface area contributed by atoms with Gasteiger partial charge >= 0.3 is 5.97 Å². The minimum absolute atomic E-state index is 0.134. The van der Waals surface area contributed by atoms with E-state index in [0.717, 1.165) is 5.76 Å². The molecule has 1 aromatic carbocycles. The first-order chi connectivity index (χ1) is 13.5. The molecule has 6 nitrogen and oxygen atoms in total. The summed E-state index contributed by atoms with van der Waals surface area (Å²) >= 11 is 1.72. The van der Waals surface area contributed by atoms with E-state index in [9.17, 15) is 9.59 Å². The fraction of sp³-hybridized carbons (Fsp3) is 0.238. The lowest BCUT2D eigenvalue weighted by atomic mass is 10.2. The molecule has 0 saturated heterocycles. The predicted molar refractivity (Wildman–Crippen MR) is 108 cm³/mol. The highest BCUT2D eigenvalue weighted by Gasteiger charge is 2.15. The largest absolute Gasteiger partial charge is 0.468 e. The van der Waals surface area contributed by atoms with Crippen molar-refractivity contribution in [3.63, 3.8) is 0 Å². The number of esters is 1. The number of methoxy groups -OCH3 is 1. The molecule has 0 radical (unpaired) electrons. The van der Waals surface area contributed by atoms with Crippen molar-refractivity contribution in [2.45, 2.75) is 20.0 Å². The number of carbonyl (C=O) groups excluding carboxylic acids is 2. The Morgan fingerprint density at radius 1 is 1.11 bits per heavy atom. The van der Waals surface area contributed by atoms with Gasteiger partial charge in [-0.25, -0.2) is 4.79 Å². The molecule has 2 aromatic heterocycles. The van der Waals surface area contributed by atoms with Crippen LogP contribution in [0, 0.1) is 6.92 Å². The summed E-state index contributed by atoms with van der Waals surface area (Å²) in [5, 5.41) is 2.87. The van der Waals surface area contributed by atoms with E-state index in [-0.39, 0.29) is 12.5 Å². The molecule has 0 aliphatic heterocycles. The van der Waals surface area contributed by atoms with Gasteiger partial charge in [-0.15, -0.1) is 11.3 Å². The number of ether oxygens (including phenoxy) is 1. The SMILES string of the molecule is COC(=O)c1ccc(NC(=O)CN(Cc2ccco2)Cc2ccc(C)s2)cc1. The molecule has 0 fully saturated rings. The summed E-state index contributed by atoms with van der Waals surface area (Å²) in [4.78, 5) is 28.5. The number of aryl methyl sites for hydroxylation is 1. The minimum Gasteiger partial charge on any atom is -0.468 e. The van der Waals surface area contributed by atoms with Crippen molar-refractivity contribution in [3.05, 3.63) is 75.9 Å². The van der Waals surface area contributed by atoms with E-state index in [1.807, 2.05) is 17.0 Å². The summed E-state index contributed by atoms with van der Waals surface area (Å²) in [7, 11) is 1.33. The molecule has 1 amide bonds. The van der Waals surface area contributed by atoms with Crippen molar-refractivity contribution in [1.29, 1.82) is 0 Å². The zero-order chi connectivity index (χ0) is 19.9. The van der Waals surface area contributed by atoms with Gasteiger partial charge in [-0.1, -0.05) is 0 Å². The number of anilines is 1. The van der Waals surface area contributed by atoms with Gasteiger partial charge in [0.15, 0.2) is 0 Å². The summed E-state index contributed by atoms with van der Waals surface area (Å²) < 4.78 is 10.1. The molecule has 0 atom stereocenters. The number of nitrogens with zero attached hydrogens (tertiary/aromatic N) is 1. The van der Waals surface area contributed by atoms with Gasteiger partial charge in [0.2, 0.25) is 5.91 Å². The predicted octanol–water partition coefficient (Wildman–Crippen LogP) is 4.08. The van der Waals surface area contributed by atoms with Gasteiger partial charge in [0, 0.05) is 22.0 Å². The second kappa shape index (κ2) is 9.34. The maximum absolute atomic E-state index is 12.6. The number of nitrogens with one attached hydrogen (secondary N) is 1. The van der Waals surface area contributed by atoms with Crippen LogP contribution in [0.25, 0.3) is 0 Å². The molecule has 1 N–H and O–H groups in total. The maximum atomic E-state index is 12.6. The lowest BCUT2D eigenvalue weighted by Crippen LogP contribution is -2.32. The number of amides is 1. The monoisotopic (exact) mass is 398 g/mol. The Labute approximate surface area is 167 Å². The Balaban J connectivity index is 1.63. The molecular weight excluding hydrogens is 376 g/mol. The minimum atomic E-state index is -0.409. The molecule has 0 unspecified atom stereocenters. The lowest BCUT2D eigenvalue weighted by Gasteiger charge is -2.20. The van der Waals surface area contributed by atoms with Crippen LogP contribution < -0.4 is 5.32 Å². The zero-order valence-corrected chi connectivity index (χ0v) is 16.6. The first kappa shape index (κ1) is 19.9. The number of benzene rings is 1. The van der Waals surface area contributed by atoms with Gasteiger partial charge in [0.05, 0.1) is 32.0 Å². The summed E-state index contributed by atoms with van der Waals surface area (Å²) in [5.41, 5.74) is 1.07. The van der Waals surface area contributed by atoms with Crippen LogP contribution in [0.2, 0.25) is 0 Å². The number of furan rings is 1. The van der Waals surface area contributed by atoms with Crippen LogP contribution in [0.3, 0.4) is 0 Å². The van der Waals surface area contributed by atoms with Crippen molar-refractivity contribution >= 4 is 28.9 Å². The highest BCUT2D eigenvalue weighted by molar-refractivity contribution is 7.11. The van der Waals surface area contributed by atoms with Crippen LogP contribution in [0.1, 0.15) is 25.9 Å². The number of carbonyl (C=O) groups is 2. The second-order valence-corrected chi connectivity index (χ2v) is 7.73. The number of hydrogen-bond donors (Lipinski definition) is 1. The summed E-state index contributed by atoms with van der Waals surface area (Å²) in [6.07, 6.45) is 1.63. The Morgan fingerprint density at radius 3 is 2.50 bits per heavy atom. The first-order valence-corrected chi connectivity index (χ1v) is 9.63. The van der Waals surface area contributed by atoms with Crippen LogP contribution in [0.15, 0.2) is 59.2 Å². The zero-order valence-electron chi connectivity index (χ0n) is 15.8. The van der Waals surface area contributed by atoms with Crippen LogP contribution in [0.4, 0.5) is 5.69 Å². The van der Waals surface area contributed by atoms with Crippen molar-refractivity contribution in [3.8, 4) is 0 Å². The molecule has 3 aromatic rings. The first-order valence-electron chi connectivity index (χ1n) is 8.82. The summed E-state index contributed by atoms with van der Waals surface area (Å²) in [6, 6.07) is 14.5. The highest BCUT2D eigenvalue weighted by atomic mass is 32.1. The molecule has 0 aliphatic carbocycles. The fourth-order valence-corrected chi connectivity index (χ4v) is 3.73. The van der Waals surface area contributed by atoms with E-state index in [2.05, 4.69) is 29.1 Å². The molecule has 146 valence electrons. The van der Waals surface area contributed by atoms with Gasteiger partial charge < -0.3 is 14.5 Å². The van der Waals surface area contributed by atoms with Crippen LogP contribution in [-0.4, -0.2) is 30.4 Å². The van der Waals surface area contributed by atoms with Crippen LogP contribution in [-0.2, 0) is 22.6 Å². The average molecular weight is 398 g/mol. The van der Waals surface area contributed by atoms with Crippen molar-refractivity contribution in [2.75, 3.05) is 19.0 Å². The molecule has 2 heterocycles. The Kier molecular flexibility index (Phi) is 6.62. The molecular formula is C21H22N2O4S. The van der Waals surface area contributed by atoms with E-state index in [0.29, 0.717) is 24.3 Å². The Hall–Kier alpha value is -2.90. The topological polar surface area (TPSA) is 71.8 Å². The van der Waals surface area contributed by atoms with Crippen LogP contribution >= 0.6 is 11.3 Å². The van der Waals surface area contributed by atoms with Crippen molar-refractivity contribution in [1.82, 2.24) is 4.90 Å². The van der Waals surface area contributed by atoms with Crippen molar-refractivity contribution in [2.24, 2.45) is 0 Å². The highest BCUT2D eigenvalue weighted by Crippen LogP contribution is 2.19. The number of rotatable bonds is 8. The normalized spacial score (nSPS) is 10.8. The lowest BCUT2D eigenvalue weighted by molar-refractivity contribution is -0.117. The molecule has 0 saturated carbocycles. The van der Waals surface area contributed by atoms with E-state index in [1.165, 1.54) is 16.9 Å². The van der Waals surface area contributed by atoms with Crippen molar-refractivity contribution < 1.29 is 18.7 Å². The molecule has 7 heteroatoms. The number of thiophene rings is 1.